The molecule has 0 saturated carbocycles. The Morgan fingerprint density at radius 3 is 2.55 bits per heavy atom. The molecule has 1 aliphatic heterocycles. The second-order valence-electron chi connectivity index (χ2n) is 3.46. The summed E-state index contributed by atoms with van der Waals surface area (Å²) in [4.78, 5) is 0. The molecule has 0 unspecified atom stereocenters. The predicted octanol–water partition coefficient (Wildman–Crippen LogP) is 2.10. The molecule has 0 N–H and O–H groups in total. The van der Waals surface area contributed by atoms with Gasteiger partial charge in [0, 0.05) is 6.42 Å². The molecule has 0 bridgehead atoms. The first-order valence-corrected chi connectivity index (χ1v) is 4.02. The molecule has 0 aromatic rings. The van der Waals surface area contributed by atoms with Crippen LogP contribution in [0.3, 0.4) is 0 Å². The third-order valence-electron chi connectivity index (χ3n) is 1.75. The average molecular weight is 156 g/mol. The minimum atomic E-state index is -0.448. The van der Waals surface area contributed by atoms with Gasteiger partial charge in [0.2, 0.25) is 0 Å². The van der Waals surface area contributed by atoms with Crippen molar-refractivity contribution in [3.8, 4) is 0 Å². The van der Waals surface area contributed by atoms with Crippen molar-refractivity contribution < 1.29 is 9.47 Å². The van der Waals surface area contributed by atoms with Crippen molar-refractivity contribution in [1.29, 1.82) is 0 Å². The normalized spacial score (nSPS) is 36.6. The van der Waals surface area contributed by atoms with Crippen molar-refractivity contribution in [2.75, 3.05) is 0 Å². The molecule has 1 heterocycles. The average Bonchev–Trinajstić information content (AvgIpc) is 1.83. The van der Waals surface area contributed by atoms with E-state index in [1.54, 1.807) is 0 Å². The Balaban J connectivity index is 2.57. The molecule has 1 rings (SSSR count). The first kappa shape index (κ1) is 8.75. The fourth-order valence-corrected chi connectivity index (χ4v) is 1.44. The quantitative estimate of drug-likeness (QED) is 0.541. The van der Waals surface area contributed by atoms with E-state index >= 15 is 0 Å². The van der Waals surface area contributed by atoms with Crippen LogP contribution in [-0.2, 0) is 9.47 Å². The fourth-order valence-electron chi connectivity index (χ4n) is 1.44. The maximum absolute atomic E-state index is 5.55. The maximum Gasteiger partial charge on any atom is 0.163 e. The van der Waals surface area contributed by atoms with Crippen LogP contribution >= 0.6 is 0 Å². The highest BCUT2D eigenvalue weighted by Gasteiger charge is 2.31. The van der Waals surface area contributed by atoms with E-state index in [2.05, 4.69) is 13.5 Å². The SMILES string of the molecule is C=C[C@@H]1C[C@H](C)OC(C)(C)O1. The summed E-state index contributed by atoms with van der Waals surface area (Å²) in [7, 11) is 0. The summed E-state index contributed by atoms with van der Waals surface area (Å²) >= 11 is 0. The summed E-state index contributed by atoms with van der Waals surface area (Å²) < 4.78 is 11.1. The van der Waals surface area contributed by atoms with Crippen LogP contribution in [0.2, 0.25) is 0 Å². The van der Waals surface area contributed by atoms with Gasteiger partial charge in [-0.3, -0.25) is 0 Å². The lowest BCUT2D eigenvalue weighted by atomic mass is 10.1. The second kappa shape index (κ2) is 2.95. The molecule has 64 valence electrons. The Morgan fingerprint density at radius 1 is 1.45 bits per heavy atom. The van der Waals surface area contributed by atoms with Gasteiger partial charge in [-0.1, -0.05) is 6.08 Å². The second-order valence-corrected chi connectivity index (χ2v) is 3.46. The summed E-state index contributed by atoms with van der Waals surface area (Å²) in [6, 6.07) is 0. The predicted molar refractivity (Wildman–Crippen MR) is 44.3 cm³/mol. The standard InChI is InChI=1S/C9H16O2/c1-5-8-6-7(2)10-9(3,4)11-8/h5,7-8H,1,6H2,2-4H3/t7-,8+/m0/s1. The number of rotatable bonds is 1. The molecule has 0 aromatic carbocycles. The molecule has 2 nitrogen and oxygen atoms in total. The molecule has 2 heteroatoms. The zero-order chi connectivity index (χ0) is 8.48. The molecule has 1 aliphatic rings. The molecule has 1 saturated heterocycles. The summed E-state index contributed by atoms with van der Waals surface area (Å²) in [5, 5.41) is 0. The van der Waals surface area contributed by atoms with Crippen LogP contribution in [0, 0.1) is 0 Å². The molecule has 0 aliphatic carbocycles. The van der Waals surface area contributed by atoms with E-state index in [1.807, 2.05) is 19.9 Å². The van der Waals surface area contributed by atoms with Crippen molar-refractivity contribution in [3.05, 3.63) is 12.7 Å². The topological polar surface area (TPSA) is 18.5 Å². The molecule has 2 atom stereocenters. The Hall–Kier alpha value is -0.340. The van der Waals surface area contributed by atoms with Gasteiger partial charge in [-0.15, -0.1) is 6.58 Å². The molecule has 0 spiro atoms. The van der Waals surface area contributed by atoms with Gasteiger partial charge < -0.3 is 9.47 Å². The fraction of sp³-hybridized carbons (Fsp3) is 0.778. The van der Waals surface area contributed by atoms with E-state index in [1.165, 1.54) is 0 Å². The van der Waals surface area contributed by atoms with E-state index in [4.69, 9.17) is 9.47 Å². The van der Waals surface area contributed by atoms with Crippen molar-refractivity contribution >= 4 is 0 Å². The van der Waals surface area contributed by atoms with Crippen LogP contribution in [-0.4, -0.2) is 18.0 Å². The Bertz CT molecular complexity index is 152. The zero-order valence-electron chi connectivity index (χ0n) is 7.46. The third kappa shape index (κ3) is 2.31. The van der Waals surface area contributed by atoms with Crippen LogP contribution < -0.4 is 0 Å². The van der Waals surface area contributed by atoms with Gasteiger partial charge in [-0.05, 0) is 20.8 Å². The molecule has 0 amide bonds. The van der Waals surface area contributed by atoms with Gasteiger partial charge >= 0.3 is 0 Å². The van der Waals surface area contributed by atoms with Gasteiger partial charge in [0.1, 0.15) is 0 Å². The van der Waals surface area contributed by atoms with E-state index in [0.717, 1.165) is 6.42 Å². The van der Waals surface area contributed by atoms with Gasteiger partial charge in [-0.25, -0.2) is 0 Å². The van der Waals surface area contributed by atoms with Crippen LogP contribution in [0.5, 0.6) is 0 Å². The highest BCUT2D eigenvalue weighted by Crippen LogP contribution is 2.26. The van der Waals surface area contributed by atoms with E-state index in [9.17, 15) is 0 Å². The minimum Gasteiger partial charge on any atom is -0.347 e. The van der Waals surface area contributed by atoms with E-state index in [0.29, 0.717) is 0 Å². The number of hydrogen-bond acceptors (Lipinski definition) is 2. The third-order valence-corrected chi connectivity index (χ3v) is 1.75. The number of hydrogen-bond donors (Lipinski definition) is 0. The largest absolute Gasteiger partial charge is 0.347 e. The molecular weight excluding hydrogens is 140 g/mol. The monoisotopic (exact) mass is 156 g/mol. The van der Waals surface area contributed by atoms with Gasteiger partial charge in [0.05, 0.1) is 12.2 Å². The van der Waals surface area contributed by atoms with Crippen molar-refractivity contribution in [2.45, 2.75) is 45.2 Å². The van der Waals surface area contributed by atoms with Crippen molar-refractivity contribution in [3.63, 3.8) is 0 Å². The Morgan fingerprint density at radius 2 is 2.09 bits per heavy atom. The maximum atomic E-state index is 5.55. The van der Waals surface area contributed by atoms with Crippen LogP contribution in [0.1, 0.15) is 27.2 Å². The Labute approximate surface area is 68.2 Å². The molecule has 11 heavy (non-hydrogen) atoms. The van der Waals surface area contributed by atoms with Gasteiger partial charge in [0.25, 0.3) is 0 Å². The van der Waals surface area contributed by atoms with Crippen LogP contribution in [0.4, 0.5) is 0 Å². The summed E-state index contributed by atoms with van der Waals surface area (Å²) in [6.07, 6.45) is 3.16. The molecular formula is C9H16O2. The Kier molecular flexibility index (Phi) is 2.35. The highest BCUT2D eigenvalue weighted by atomic mass is 16.7. The minimum absolute atomic E-state index is 0.147. The lowest BCUT2D eigenvalue weighted by molar-refractivity contribution is -0.286. The lowest BCUT2D eigenvalue weighted by Gasteiger charge is -2.38. The summed E-state index contributed by atoms with van der Waals surface area (Å²) in [5.74, 6) is -0.448. The first-order chi connectivity index (χ1) is 5.03. The lowest BCUT2D eigenvalue weighted by Crippen LogP contribution is -2.42. The van der Waals surface area contributed by atoms with E-state index < -0.39 is 5.79 Å². The zero-order valence-corrected chi connectivity index (χ0v) is 7.46. The van der Waals surface area contributed by atoms with Crippen molar-refractivity contribution in [1.82, 2.24) is 0 Å². The van der Waals surface area contributed by atoms with E-state index in [-0.39, 0.29) is 12.2 Å². The van der Waals surface area contributed by atoms with Gasteiger partial charge in [-0.2, -0.15) is 0 Å². The van der Waals surface area contributed by atoms with Crippen LogP contribution in [0.15, 0.2) is 12.7 Å². The highest BCUT2D eigenvalue weighted by molar-refractivity contribution is 4.86. The molecule has 0 aromatic heterocycles. The molecule has 1 fully saturated rings. The number of ether oxygens (including phenoxy) is 2. The first-order valence-electron chi connectivity index (χ1n) is 4.02. The molecule has 0 radical (unpaired) electrons. The summed E-state index contributed by atoms with van der Waals surface area (Å²) in [5.41, 5.74) is 0. The van der Waals surface area contributed by atoms with Gasteiger partial charge in [0.15, 0.2) is 5.79 Å². The smallest absolute Gasteiger partial charge is 0.163 e. The van der Waals surface area contributed by atoms with Crippen molar-refractivity contribution in [2.24, 2.45) is 0 Å². The van der Waals surface area contributed by atoms with Crippen LogP contribution in [0.25, 0.3) is 0 Å². The summed E-state index contributed by atoms with van der Waals surface area (Å²) in [6.45, 7) is 9.62.